The van der Waals surface area contributed by atoms with Crippen LogP contribution in [-0.4, -0.2) is 4.98 Å². The molecule has 22 heavy (non-hydrogen) atoms. The number of halogens is 1. The summed E-state index contributed by atoms with van der Waals surface area (Å²) < 4.78 is 5.67. The Bertz CT molecular complexity index is 738. The maximum absolute atomic E-state index is 6.02. The summed E-state index contributed by atoms with van der Waals surface area (Å²) in [6.45, 7) is 0.497. The van der Waals surface area contributed by atoms with Crippen LogP contribution in [0.4, 0.5) is 5.69 Å². The van der Waals surface area contributed by atoms with Gasteiger partial charge >= 0.3 is 0 Å². The van der Waals surface area contributed by atoms with E-state index in [4.69, 9.17) is 22.1 Å². The van der Waals surface area contributed by atoms with E-state index in [0.29, 0.717) is 23.2 Å². The summed E-state index contributed by atoms with van der Waals surface area (Å²) in [7, 11) is 0. The van der Waals surface area contributed by atoms with Gasteiger partial charge in [-0.15, -0.1) is 0 Å². The molecule has 0 spiro atoms. The minimum Gasteiger partial charge on any atom is -0.473 e. The Morgan fingerprint density at radius 1 is 0.955 bits per heavy atom. The molecule has 3 nitrogen and oxygen atoms in total. The molecule has 0 saturated carbocycles. The predicted molar refractivity (Wildman–Crippen MR) is 89.9 cm³/mol. The summed E-state index contributed by atoms with van der Waals surface area (Å²) in [5.74, 6) is 0.586. The number of aromatic nitrogens is 1. The van der Waals surface area contributed by atoms with Crippen LogP contribution >= 0.6 is 11.6 Å². The van der Waals surface area contributed by atoms with Crippen molar-refractivity contribution >= 4 is 17.3 Å². The van der Waals surface area contributed by atoms with Gasteiger partial charge in [0, 0.05) is 28.5 Å². The van der Waals surface area contributed by atoms with Crippen LogP contribution in [0.5, 0.6) is 5.88 Å². The van der Waals surface area contributed by atoms with Crippen LogP contribution in [0.25, 0.3) is 11.1 Å². The van der Waals surface area contributed by atoms with Gasteiger partial charge in [-0.2, -0.15) is 0 Å². The van der Waals surface area contributed by atoms with Gasteiger partial charge in [-0.05, 0) is 35.4 Å². The zero-order valence-corrected chi connectivity index (χ0v) is 12.6. The van der Waals surface area contributed by atoms with Gasteiger partial charge in [-0.25, -0.2) is 4.98 Å². The van der Waals surface area contributed by atoms with E-state index >= 15 is 0 Å². The molecule has 4 heteroatoms. The second-order valence-corrected chi connectivity index (χ2v) is 5.37. The summed E-state index contributed by atoms with van der Waals surface area (Å²) >= 11 is 6.02. The lowest BCUT2D eigenvalue weighted by Crippen LogP contribution is -1.96. The number of benzene rings is 2. The molecule has 0 fully saturated rings. The zero-order chi connectivity index (χ0) is 15.4. The molecule has 0 amide bonds. The van der Waals surface area contributed by atoms with Crippen molar-refractivity contribution in [3.05, 3.63) is 77.4 Å². The summed E-state index contributed by atoms with van der Waals surface area (Å²) in [6.07, 6.45) is 1.76. The van der Waals surface area contributed by atoms with Crippen LogP contribution < -0.4 is 10.5 Å². The highest BCUT2D eigenvalue weighted by Crippen LogP contribution is 2.26. The summed E-state index contributed by atoms with van der Waals surface area (Å²) in [5.41, 5.74) is 9.43. The number of anilines is 1. The Kier molecular flexibility index (Phi) is 4.26. The van der Waals surface area contributed by atoms with E-state index < -0.39 is 0 Å². The van der Waals surface area contributed by atoms with Crippen LogP contribution in [0.3, 0.4) is 0 Å². The third-order valence-corrected chi connectivity index (χ3v) is 3.44. The number of nitrogens with zero attached hydrogens (tertiary/aromatic N) is 1. The second-order valence-electron chi connectivity index (χ2n) is 4.93. The van der Waals surface area contributed by atoms with Crippen molar-refractivity contribution in [3.8, 4) is 17.0 Å². The summed E-state index contributed by atoms with van der Waals surface area (Å²) in [4.78, 5) is 4.32. The van der Waals surface area contributed by atoms with Gasteiger partial charge in [-0.1, -0.05) is 41.9 Å². The fourth-order valence-electron chi connectivity index (χ4n) is 2.15. The van der Waals surface area contributed by atoms with Crippen LogP contribution in [0.15, 0.2) is 66.9 Å². The molecular weight excluding hydrogens is 296 g/mol. The SMILES string of the molecule is Nc1cc(Cl)cc(-c2ccc(OCc3ccccc3)nc2)c1. The molecule has 0 saturated heterocycles. The van der Waals surface area contributed by atoms with Crippen LogP contribution in [0.1, 0.15) is 5.56 Å². The average Bonchev–Trinajstić information content (AvgIpc) is 2.53. The van der Waals surface area contributed by atoms with Crippen molar-refractivity contribution in [3.63, 3.8) is 0 Å². The Morgan fingerprint density at radius 3 is 2.45 bits per heavy atom. The third-order valence-electron chi connectivity index (χ3n) is 3.22. The predicted octanol–water partition coefficient (Wildman–Crippen LogP) is 4.56. The zero-order valence-electron chi connectivity index (χ0n) is 11.9. The molecule has 0 radical (unpaired) electrons. The highest BCUT2D eigenvalue weighted by Gasteiger charge is 2.03. The molecule has 3 aromatic rings. The molecule has 0 aliphatic heterocycles. The molecule has 0 atom stereocenters. The minimum absolute atomic E-state index is 0.497. The van der Waals surface area contributed by atoms with E-state index in [-0.39, 0.29) is 0 Å². The maximum atomic E-state index is 6.02. The molecule has 0 aliphatic carbocycles. The number of hydrogen-bond donors (Lipinski definition) is 1. The first-order valence-corrected chi connectivity index (χ1v) is 7.28. The lowest BCUT2D eigenvalue weighted by atomic mass is 10.1. The maximum Gasteiger partial charge on any atom is 0.213 e. The first-order chi connectivity index (χ1) is 10.7. The first-order valence-electron chi connectivity index (χ1n) is 6.90. The molecule has 2 N–H and O–H groups in total. The van der Waals surface area contributed by atoms with E-state index in [0.717, 1.165) is 16.7 Å². The highest BCUT2D eigenvalue weighted by atomic mass is 35.5. The van der Waals surface area contributed by atoms with Crippen molar-refractivity contribution in [1.82, 2.24) is 4.98 Å². The number of rotatable bonds is 4. The van der Waals surface area contributed by atoms with E-state index in [9.17, 15) is 0 Å². The lowest BCUT2D eigenvalue weighted by Gasteiger charge is -2.07. The first kappa shape index (κ1) is 14.4. The Hall–Kier alpha value is -2.52. The standard InChI is InChI=1S/C18H15ClN2O/c19-16-8-15(9-17(20)10-16)14-6-7-18(21-11-14)22-12-13-4-2-1-3-5-13/h1-11H,12,20H2. The van der Waals surface area contributed by atoms with Gasteiger partial charge in [0.1, 0.15) is 6.61 Å². The molecule has 0 aliphatic rings. The molecule has 2 aromatic carbocycles. The summed E-state index contributed by atoms with van der Waals surface area (Å²) in [5, 5.41) is 0.611. The number of nitrogens with two attached hydrogens (primary N) is 1. The van der Waals surface area contributed by atoms with E-state index in [1.807, 2.05) is 54.6 Å². The van der Waals surface area contributed by atoms with Gasteiger partial charge in [0.05, 0.1) is 0 Å². The second kappa shape index (κ2) is 6.50. The minimum atomic E-state index is 0.497. The smallest absolute Gasteiger partial charge is 0.213 e. The fourth-order valence-corrected chi connectivity index (χ4v) is 2.39. The number of hydrogen-bond acceptors (Lipinski definition) is 3. The van der Waals surface area contributed by atoms with Gasteiger partial charge in [0.25, 0.3) is 0 Å². The van der Waals surface area contributed by atoms with Gasteiger partial charge in [0.2, 0.25) is 5.88 Å². The van der Waals surface area contributed by atoms with E-state index in [2.05, 4.69) is 4.98 Å². The summed E-state index contributed by atoms with van der Waals surface area (Å²) in [6, 6.07) is 19.2. The van der Waals surface area contributed by atoms with Gasteiger partial charge in [-0.3, -0.25) is 0 Å². The van der Waals surface area contributed by atoms with Gasteiger partial charge in [0.15, 0.2) is 0 Å². The number of ether oxygens (including phenoxy) is 1. The highest BCUT2D eigenvalue weighted by molar-refractivity contribution is 6.31. The Morgan fingerprint density at radius 2 is 1.77 bits per heavy atom. The monoisotopic (exact) mass is 310 g/mol. The average molecular weight is 311 g/mol. The molecule has 110 valence electrons. The molecule has 3 rings (SSSR count). The van der Waals surface area contributed by atoms with Crippen LogP contribution in [0, 0.1) is 0 Å². The number of pyridine rings is 1. The molecule has 1 aromatic heterocycles. The molecule has 0 bridgehead atoms. The quantitative estimate of drug-likeness (QED) is 0.718. The van der Waals surface area contributed by atoms with Crippen LogP contribution in [0.2, 0.25) is 5.02 Å². The Labute approximate surface area is 134 Å². The molecular formula is C18H15ClN2O. The van der Waals surface area contributed by atoms with Crippen molar-refractivity contribution in [2.45, 2.75) is 6.61 Å². The van der Waals surface area contributed by atoms with Crippen molar-refractivity contribution < 1.29 is 4.74 Å². The van der Waals surface area contributed by atoms with Gasteiger partial charge < -0.3 is 10.5 Å². The van der Waals surface area contributed by atoms with E-state index in [1.165, 1.54) is 0 Å². The molecule has 1 heterocycles. The Balaban J connectivity index is 1.72. The number of nitrogen functional groups attached to an aromatic ring is 1. The normalized spacial score (nSPS) is 10.4. The van der Waals surface area contributed by atoms with Crippen molar-refractivity contribution in [1.29, 1.82) is 0 Å². The van der Waals surface area contributed by atoms with Crippen molar-refractivity contribution in [2.75, 3.05) is 5.73 Å². The third kappa shape index (κ3) is 3.57. The van der Waals surface area contributed by atoms with Crippen molar-refractivity contribution in [2.24, 2.45) is 0 Å². The lowest BCUT2D eigenvalue weighted by molar-refractivity contribution is 0.294. The fraction of sp³-hybridized carbons (Fsp3) is 0.0556. The van der Waals surface area contributed by atoms with E-state index in [1.54, 1.807) is 12.3 Å². The largest absolute Gasteiger partial charge is 0.473 e. The topological polar surface area (TPSA) is 48.1 Å². The molecule has 0 unspecified atom stereocenters. The van der Waals surface area contributed by atoms with Crippen LogP contribution in [-0.2, 0) is 6.61 Å².